The highest BCUT2D eigenvalue weighted by atomic mass is 32.1. The average molecular weight is 446 g/mol. The molecule has 172 valence electrons. The lowest BCUT2D eigenvalue weighted by Gasteiger charge is -2.44. The molecule has 0 N–H and O–H groups in total. The Labute approximate surface area is 191 Å². The van der Waals surface area contributed by atoms with E-state index < -0.39 is 0 Å². The Kier molecular flexibility index (Phi) is 8.22. The summed E-state index contributed by atoms with van der Waals surface area (Å²) in [5.41, 5.74) is -0.00966. The van der Waals surface area contributed by atoms with Crippen LogP contribution in [0.4, 0.5) is 0 Å². The highest BCUT2D eigenvalue weighted by molar-refractivity contribution is 7.10. The molecule has 1 aliphatic carbocycles. The molecule has 2 aliphatic heterocycles. The Morgan fingerprint density at radius 3 is 2.61 bits per heavy atom. The SMILES string of the molecule is O=C(CCCCCC(=O)N1CCCC2CCCCC21)CC1(c2cccs2)CCOCC1. The first-order chi connectivity index (χ1) is 15.2. The lowest BCUT2D eigenvalue weighted by Crippen LogP contribution is -2.49. The Balaban J connectivity index is 1.17. The molecule has 1 amide bonds. The fourth-order valence-corrected chi connectivity index (χ4v) is 7.16. The van der Waals surface area contributed by atoms with Gasteiger partial charge >= 0.3 is 0 Å². The molecular weight excluding hydrogens is 406 g/mol. The minimum atomic E-state index is -0.00966. The number of piperidine rings is 1. The molecule has 3 heterocycles. The predicted octanol–water partition coefficient (Wildman–Crippen LogP) is 5.89. The molecular formula is C26H39NO3S. The van der Waals surface area contributed by atoms with Crippen molar-refractivity contribution in [1.82, 2.24) is 4.90 Å². The van der Waals surface area contributed by atoms with Gasteiger partial charge in [0.1, 0.15) is 5.78 Å². The molecule has 0 spiro atoms. The van der Waals surface area contributed by atoms with Crippen LogP contribution in [-0.2, 0) is 19.7 Å². The predicted molar refractivity (Wildman–Crippen MR) is 125 cm³/mol. The number of carbonyl (C=O) groups is 2. The van der Waals surface area contributed by atoms with E-state index in [1.807, 2.05) is 0 Å². The largest absolute Gasteiger partial charge is 0.381 e. The van der Waals surface area contributed by atoms with Crippen LogP contribution < -0.4 is 0 Å². The van der Waals surface area contributed by atoms with Crippen molar-refractivity contribution in [2.45, 2.75) is 101 Å². The van der Waals surface area contributed by atoms with E-state index in [4.69, 9.17) is 4.74 Å². The maximum Gasteiger partial charge on any atom is 0.222 e. The minimum Gasteiger partial charge on any atom is -0.381 e. The average Bonchev–Trinajstić information content (AvgIpc) is 3.35. The first-order valence-corrected chi connectivity index (χ1v) is 13.5. The summed E-state index contributed by atoms with van der Waals surface area (Å²) in [4.78, 5) is 29.2. The zero-order valence-corrected chi connectivity index (χ0v) is 19.8. The molecule has 4 rings (SSSR count). The van der Waals surface area contributed by atoms with Crippen LogP contribution >= 0.6 is 11.3 Å². The number of Topliss-reactive ketones (excluding diaryl/α,β-unsaturated/α-hetero) is 1. The van der Waals surface area contributed by atoms with Gasteiger partial charge in [0.25, 0.3) is 0 Å². The molecule has 31 heavy (non-hydrogen) atoms. The fraction of sp³-hybridized carbons (Fsp3) is 0.769. The molecule has 3 aliphatic rings. The number of ketones is 1. The van der Waals surface area contributed by atoms with Crippen LogP contribution in [0, 0.1) is 5.92 Å². The van der Waals surface area contributed by atoms with Crippen molar-refractivity contribution in [1.29, 1.82) is 0 Å². The number of hydrogen-bond acceptors (Lipinski definition) is 4. The highest BCUT2D eigenvalue weighted by Gasteiger charge is 2.37. The monoisotopic (exact) mass is 445 g/mol. The number of carbonyl (C=O) groups excluding carboxylic acids is 2. The maximum atomic E-state index is 12.8. The van der Waals surface area contributed by atoms with Crippen molar-refractivity contribution in [3.63, 3.8) is 0 Å². The van der Waals surface area contributed by atoms with E-state index >= 15 is 0 Å². The molecule has 0 bridgehead atoms. The lowest BCUT2D eigenvalue weighted by molar-refractivity contribution is -0.137. The molecule has 2 saturated heterocycles. The number of nitrogens with zero attached hydrogens (tertiary/aromatic N) is 1. The molecule has 2 unspecified atom stereocenters. The van der Waals surface area contributed by atoms with Crippen molar-refractivity contribution in [3.05, 3.63) is 22.4 Å². The highest BCUT2D eigenvalue weighted by Crippen LogP contribution is 2.41. The summed E-state index contributed by atoms with van der Waals surface area (Å²) < 4.78 is 5.58. The van der Waals surface area contributed by atoms with E-state index in [1.165, 1.54) is 43.4 Å². The van der Waals surface area contributed by atoms with Gasteiger partial charge in [0.15, 0.2) is 0 Å². The number of thiophene rings is 1. The van der Waals surface area contributed by atoms with Crippen LogP contribution in [0.25, 0.3) is 0 Å². The summed E-state index contributed by atoms with van der Waals surface area (Å²) in [5.74, 6) is 1.49. The first-order valence-electron chi connectivity index (χ1n) is 12.6. The van der Waals surface area contributed by atoms with Crippen LogP contribution in [0.2, 0.25) is 0 Å². The Morgan fingerprint density at radius 2 is 1.81 bits per heavy atom. The van der Waals surface area contributed by atoms with Gasteiger partial charge in [-0.15, -0.1) is 11.3 Å². The van der Waals surface area contributed by atoms with Crippen LogP contribution in [0.3, 0.4) is 0 Å². The number of ether oxygens (including phenoxy) is 1. The van der Waals surface area contributed by atoms with Gasteiger partial charge in [-0.2, -0.15) is 0 Å². The number of likely N-dealkylation sites (tertiary alicyclic amines) is 1. The quantitative estimate of drug-likeness (QED) is 0.445. The van der Waals surface area contributed by atoms with Gasteiger partial charge in [0, 0.05) is 55.4 Å². The maximum absolute atomic E-state index is 12.8. The standard InChI is InChI=1S/C26H39NO3S/c28-22(20-26(14-17-30-18-15-26)24-12-7-19-31-24)10-2-1-3-13-25(29)27-16-6-9-21-8-4-5-11-23(21)27/h7,12,19,21,23H,1-6,8-11,13-18,20H2. The summed E-state index contributed by atoms with van der Waals surface area (Å²) in [6, 6.07) is 4.80. The molecule has 0 aromatic carbocycles. The summed E-state index contributed by atoms with van der Waals surface area (Å²) in [5, 5.41) is 2.12. The number of fused-ring (bicyclic) bond motifs is 1. The third-order valence-electron chi connectivity index (χ3n) is 7.94. The van der Waals surface area contributed by atoms with Gasteiger partial charge in [-0.3, -0.25) is 9.59 Å². The lowest BCUT2D eigenvalue weighted by atomic mass is 9.74. The van der Waals surface area contributed by atoms with Crippen molar-refractivity contribution in [3.8, 4) is 0 Å². The van der Waals surface area contributed by atoms with Gasteiger partial charge < -0.3 is 9.64 Å². The number of hydrogen-bond donors (Lipinski definition) is 0. The number of rotatable bonds is 9. The second-order valence-electron chi connectivity index (χ2n) is 9.99. The van der Waals surface area contributed by atoms with E-state index in [-0.39, 0.29) is 5.41 Å². The molecule has 1 saturated carbocycles. The molecule has 1 aromatic heterocycles. The van der Waals surface area contributed by atoms with E-state index in [0.29, 0.717) is 37.0 Å². The summed E-state index contributed by atoms with van der Waals surface area (Å²) in [6.45, 7) is 2.48. The van der Waals surface area contributed by atoms with Crippen LogP contribution in [0.1, 0.15) is 94.8 Å². The second kappa shape index (κ2) is 11.1. The smallest absolute Gasteiger partial charge is 0.222 e. The van der Waals surface area contributed by atoms with Crippen LogP contribution in [0.5, 0.6) is 0 Å². The van der Waals surface area contributed by atoms with Gasteiger partial charge in [-0.05, 0) is 68.7 Å². The van der Waals surface area contributed by atoms with E-state index in [2.05, 4.69) is 22.4 Å². The zero-order chi connectivity index (χ0) is 21.5. The summed E-state index contributed by atoms with van der Waals surface area (Å²) >= 11 is 1.78. The number of unbranched alkanes of at least 4 members (excludes halogenated alkanes) is 2. The van der Waals surface area contributed by atoms with Crippen molar-refractivity contribution in [2.24, 2.45) is 5.92 Å². The Bertz CT molecular complexity index is 708. The molecule has 3 fully saturated rings. The minimum absolute atomic E-state index is 0.00966. The first kappa shape index (κ1) is 23.0. The summed E-state index contributed by atoms with van der Waals surface area (Å²) in [6.07, 6.45) is 14.3. The third kappa shape index (κ3) is 5.78. The Hall–Kier alpha value is -1.20. The van der Waals surface area contributed by atoms with Crippen molar-refractivity contribution < 1.29 is 14.3 Å². The zero-order valence-electron chi connectivity index (χ0n) is 19.0. The van der Waals surface area contributed by atoms with E-state index in [0.717, 1.165) is 57.8 Å². The van der Waals surface area contributed by atoms with Crippen molar-refractivity contribution >= 4 is 23.0 Å². The molecule has 0 radical (unpaired) electrons. The fourth-order valence-electron chi connectivity index (χ4n) is 6.17. The third-order valence-corrected chi connectivity index (χ3v) is 9.06. The van der Waals surface area contributed by atoms with Crippen LogP contribution in [-0.4, -0.2) is 42.4 Å². The molecule has 1 aromatic rings. The van der Waals surface area contributed by atoms with Gasteiger partial charge in [-0.25, -0.2) is 0 Å². The Morgan fingerprint density at radius 1 is 1.03 bits per heavy atom. The van der Waals surface area contributed by atoms with E-state index in [9.17, 15) is 9.59 Å². The second-order valence-corrected chi connectivity index (χ2v) is 10.9. The van der Waals surface area contributed by atoms with Gasteiger partial charge in [0.05, 0.1) is 0 Å². The summed E-state index contributed by atoms with van der Waals surface area (Å²) in [7, 11) is 0. The van der Waals surface area contributed by atoms with E-state index in [1.54, 1.807) is 11.3 Å². The van der Waals surface area contributed by atoms with Gasteiger partial charge in [0.2, 0.25) is 5.91 Å². The van der Waals surface area contributed by atoms with Crippen LogP contribution in [0.15, 0.2) is 17.5 Å². The molecule has 4 nitrogen and oxygen atoms in total. The number of amides is 1. The topological polar surface area (TPSA) is 46.6 Å². The molecule has 5 heteroatoms. The van der Waals surface area contributed by atoms with Gasteiger partial charge in [-0.1, -0.05) is 25.3 Å². The van der Waals surface area contributed by atoms with Crippen molar-refractivity contribution in [2.75, 3.05) is 19.8 Å². The molecule has 2 atom stereocenters. The normalized spacial score (nSPS) is 25.7.